The molecule has 0 amide bonds. The fourth-order valence-corrected chi connectivity index (χ4v) is 2.00. The molecule has 20 heavy (non-hydrogen) atoms. The van der Waals surface area contributed by atoms with Crippen LogP contribution in [0.25, 0.3) is 0 Å². The average molecular weight is 277 g/mol. The first-order chi connectivity index (χ1) is 9.60. The van der Waals surface area contributed by atoms with E-state index >= 15 is 0 Å². The molecule has 1 heterocycles. The van der Waals surface area contributed by atoms with Gasteiger partial charge in [0.1, 0.15) is 0 Å². The zero-order valence-corrected chi connectivity index (χ0v) is 11.5. The van der Waals surface area contributed by atoms with Crippen LogP contribution in [0, 0.1) is 0 Å². The summed E-state index contributed by atoms with van der Waals surface area (Å²) in [5, 5.41) is 0. The van der Waals surface area contributed by atoms with Gasteiger partial charge in [-0.25, -0.2) is 9.59 Å². The second-order valence-electron chi connectivity index (χ2n) is 4.15. The second-order valence-corrected chi connectivity index (χ2v) is 4.15. The van der Waals surface area contributed by atoms with Crippen LogP contribution in [0.4, 0.5) is 0 Å². The van der Waals surface area contributed by atoms with Crippen LogP contribution < -0.4 is 0 Å². The molecule has 2 rings (SSSR count). The van der Waals surface area contributed by atoms with Crippen LogP contribution >= 0.6 is 0 Å². The zero-order valence-electron chi connectivity index (χ0n) is 11.5. The summed E-state index contributed by atoms with van der Waals surface area (Å²) in [6.45, 7) is 0. The summed E-state index contributed by atoms with van der Waals surface area (Å²) in [7, 11) is 4.12. The molecule has 1 aliphatic heterocycles. The Hall–Kier alpha value is -2.50. The standard InChI is InChI=1S/C14H15NO5/c1-15-10(13(16)18-2)11(14(17)19-3)20-12(15)9-7-5-4-6-8-9/h4-8,12H,1-3H3. The van der Waals surface area contributed by atoms with Gasteiger partial charge >= 0.3 is 11.9 Å². The molecule has 0 aliphatic carbocycles. The number of carbonyl (C=O) groups is 2. The lowest BCUT2D eigenvalue weighted by atomic mass is 10.2. The number of esters is 2. The van der Waals surface area contributed by atoms with E-state index in [4.69, 9.17) is 4.74 Å². The number of likely N-dealkylation sites (N-methyl/N-ethyl adjacent to an activating group) is 1. The lowest BCUT2D eigenvalue weighted by Crippen LogP contribution is -2.24. The molecule has 0 spiro atoms. The smallest absolute Gasteiger partial charge is 0.375 e. The molecular weight excluding hydrogens is 262 g/mol. The summed E-state index contributed by atoms with van der Waals surface area (Å²) in [5.74, 6) is -1.50. The van der Waals surface area contributed by atoms with Gasteiger partial charge in [-0.2, -0.15) is 0 Å². The minimum Gasteiger partial charge on any atom is -0.464 e. The van der Waals surface area contributed by atoms with Crippen LogP contribution in [-0.2, 0) is 23.8 Å². The van der Waals surface area contributed by atoms with Crippen molar-refractivity contribution < 1.29 is 23.8 Å². The van der Waals surface area contributed by atoms with Gasteiger partial charge < -0.3 is 19.1 Å². The Morgan fingerprint density at radius 1 is 1.10 bits per heavy atom. The topological polar surface area (TPSA) is 65.1 Å². The highest BCUT2D eigenvalue weighted by molar-refractivity contribution is 5.99. The van der Waals surface area contributed by atoms with E-state index in [1.54, 1.807) is 11.9 Å². The van der Waals surface area contributed by atoms with E-state index in [9.17, 15) is 9.59 Å². The van der Waals surface area contributed by atoms with Gasteiger partial charge in [0.15, 0.2) is 11.9 Å². The number of methoxy groups -OCH3 is 2. The van der Waals surface area contributed by atoms with Crippen molar-refractivity contribution in [3.8, 4) is 0 Å². The molecule has 1 aliphatic rings. The molecule has 0 aromatic heterocycles. The fourth-order valence-electron chi connectivity index (χ4n) is 2.00. The predicted octanol–water partition coefficient (Wildman–Crippen LogP) is 1.20. The van der Waals surface area contributed by atoms with Crippen molar-refractivity contribution in [2.75, 3.05) is 21.3 Å². The molecular formula is C14H15NO5. The maximum Gasteiger partial charge on any atom is 0.375 e. The normalized spacial score (nSPS) is 17.8. The van der Waals surface area contributed by atoms with Crippen molar-refractivity contribution in [1.82, 2.24) is 4.90 Å². The molecule has 0 bridgehead atoms. The predicted molar refractivity (Wildman–Crippen MR) is 69.1 cm³/mol. The highest BCUT2D eigenvalue weighted by Gasteiger charge is 2.40. The van der Waals surface area contributed by atoms with Crippen molar-refractivity contribution in [2.24, 2.45) is 0 Å². The maximum atomic E-state index is 11.8. The molecule has 1 atom stereocenters. The monoisotopic (exact) mass is 277 g/mol. The number of benzene rings is 1. The SMILES string of the molecule is COC(=O)C1=C(C(=O)OC)N(C)C(c2ccccc2)O1. The average Bonchev–Trinajstić information content (AvgIpc) is 2.84. The fraction of sp³-hybridized carbons (Fsp3) is 0.286. The molecule has 0 saturated heterocycles. The lowest BCUT2D eigenvalue weighted by Gasteiger charge is -2.22. The van der Waals surface area contributed by atoms with Gasteiger partial charge in [0.25, 0.3) is 0 Å². The number of nitrogens with zero attached hydrogens (tertiary/aromatic N) is 1. The van der Waals surface area contributed by atoms with Crippen molar-refractivity contribution in [2.45, 2.75) is 6.23 Å². The van der Waals surface area contributed by atoms with Gasteiger partial charge in [0, 0.05) is 12.6 Å². The van der Waals surface area contributed by atoms with Crippen LogP contribution in [0.1, 0.15) is 11.8 Å². The molecule has 0 fully saturated rings. The number of rotatable bonds is 3. The number of carbonyl (C=O) groups excluding carboxylic acids is 2. The van der Waals surface area contributed by atoms with Gasteiger partial charge in [0.2, 0.25) is 5.76 Å². The first-order valence-electron chi connectivity index (χ1n) is 5.95. The van der Waals surface area contributed by atoms with Crippen LogP contribution in [0.3, 0.4) is 0 Å². The minimum atomic E-state index is -0.712. The summed E-state index contributed by atoms with van der Waals surface area (Å²) >= 11 is 0. The van der Waals surface area contributed by atoms with Crippen molar-refractivity contribution >= 4 is 11.9 Å². The van der Waals surface area contributed by atoms with Crippen LogP contribution in [0.15, 0.2) is 41.8 Å². The Morgan fingerprint density at radius 2 is 1.70 bits per heavy atom. The van der Waals surface area contributed by atoms with E-state index in [2.05, 4.69) is 9.47 Å². The highest BCUT2D eigenvalue weighted by atomic mass is 16.6. The molecule has 6 heteroatoms. The molecule has 1 unspecified atom stereocenters. The van der Waals surface area contributed by atoms with E-state index < -0.39 is 18.2 Å². The Labute approximate surface area is 116 Å². The Bertz CT molecular complexity index is 552. The molecule has 0 radical (unpaired) electrons. The summed E-state index contributed by atoms with van der Waals surface area (Å²) in [6, 6.07) is 9.25. The molecule has 1 aromatic carbocycles. The molecule has 106 valence electrons. The van der Waals surface area contributed by atoms with E-state index in [-0.39, 0.29) is 11.5 Å². The number of hydrogen-bond acceptors (Lipinski definition) is 6. The highest BCUT2D eigenvalue weighted by Crippen LogP contribution is 2.35. The van der Waals surface area contributed by atoms with Crippen molar-refractivity contribution in [3.05, 3.63) is 47.4 Å². The number of hydrogen-bond donors (Lipinski definition) is 0. The van der Waals surface area contributed by atoms with Gasteiger partial charge in [-0.05, 0) is 0 Å². The van der Waals surface area contributed by atoms with E-state index in [0.717, 1.165) is 5.56 Å². The minimum absolute atomic E-state index is 0.0493. The summed E-state index contributed by atoms with van der Waals surface area (Å²) in [6.07, 6.45) is -0.570. The van der Waals surface area contributed by atoms with E-state index in [1.807, 2.05) is 30.3 Å². The van der Waals surface area contributed by atoms with E-state index in [0.29, 0.717) is 0 Å². The Kier molecular flexibility index (Phi) is 3.93. The van der Waals surface area contributed by atoms with Gasteiger partial charge in [-0.3, -0.25) is 0 Å². The number of ether oxygens (including phenoxy) is 3. The summed E-state index contributed by atoms with van der Waals surface area (Å²) in [4.78, 5) is 25.1. The quantitative estimate of drug-likeness (QED) is 0.774. The third kappa shape index (κ3) is 2.32. The van der Waals surface area contributed by atoms with Crippen LogP contribution in [0.2, 0.25) is 0 Å². The zero-order chi connectivity index (χ0) is 14.7. The third-order valence-corrected chi connectivity index (χ3v) is 2.98. The molecule has 0 saturated carbocycles. The van der Waals surface area contributed by atoms with Gasteiger partial charge in [0.05, 0.1) is 14.2 Å². The molecule has 6 nitrogen and oxygen atoms in total. The van der Waals surface area contributed by atoms with Crippen molar-refractivity contribution in [1.29, 1.82) is 0 Å². The van der Waals surface area contributed by atoms with Crippen LogP contribution in [-0.4, -0.2) is 38.1 Å². The van der Waals surface area contributed by atoms with E-state index in [1.165, 1.54) is 14.2 Å². The Morgan fingerprint density at radius 3 is 2.25 bits per heavy atom. The summed E-state index contributed by atoms with van der Waals surface area (Å²) < 4.78 is 14.9. The van der Waals surface area contributed by atoms with Gasteiger partial charge in [-0.1, -0.05) is 30.3 Å². The largest absolute Gasteiger partial charge is 0.464 e. The molecule has 1 aromatic rings. The second kappa shape index (κ2) is 5.64. The maximum absolute atomic E-state index is 11.8. The first kappa shape index (κ1) is 13.9. The Balaban J connectivity index is 2.38. The van der Waals surface area contributed by atoms with Gasteiger partial charge in [-0.15, -0.1) is 0 Å². The molecule has 0 N–H and O–H groups in total. The van der Waals surface area contributed by atoms with Crippen molar-refractivity contribution in [3.63, 3.8) is 0 Å². The first-order valence-corrected chi connectivity index (χ1v) is 5.95. The summed E-state index contributed by atoms with van der Waals surface area (Å²) in [5.41, 5.74) is 0.864. The lowest BCUT2D eigenvalue weighted by molar-refractivity contribution is -0.142. The third-order valence-electron chi connectivity index (χ3n) is 2.98. The van der Waals surface area contributed by atoms with Crippen LogP contribution in [0.5, 0.6) is 0 Å².